The Labute approximate surface area is 243 Å². The molecule has 2 heterocycles. The molecule has 0 saturated carbocycles. The monoisotopic (exact) mass is 567 g/mol. The quantitative estimate of drug-likeness (QED) is 0.195. The zero-order chi connectivity index (χ0) is 28.3. The normalized spacial score (nSPS) is 16.2. The second-order valence-corrected chi connectivity index (χ2v) is 10.3. The number of aromatic nitrogens is 1. The number of ether oxygens (including phenoxy) is 3. The van der Waals surface area contributed by atoms with E-state index in [0.717, 1.165) is 23.3 Å². The van der Waals surface area contributed by atoms with Crippen molar-refractivity contribution in [3.8, 4) is 17.2 Å². The first-order chi connectivity index (χ1) is 20.1. The largest absolute Gasteiger partial charge is 0.495 e. The molecule has 0 saturated heterocycles. The van der Waals surface area contributed by atoms with Gasteiger partial charge in [-0.2, -0.15) is 0 Å². The summed E-state index contributed by atoms with van der Waals surface area (Å²) in [6.45, 7) is 0.603. The van der Waals surface area contributed by atoms with Crippen LogP contribution in [0.25, 0.3) is 10.9 Å². The summed E-state index contributed by atoms with van der Waals surface area (Å²) in [5, 5.41) is 8.18. The van der Waals surface area contributed by atoms with Gasteiger partial charge in [-0.3, -0.25) is 4.79 Å². The fourth-order valence-electron chi connectivity index (χ4n) is 5.55. The van der Waals surface area contributed by atoms with Crippen LogP contribution >= 0.6 is 11.6 Å². The number of hydrogen-bond donors (Lipinski definition) is 3. The standard InChI is InChI=1S/C33H30ClN3O4/c1-39-27-15-13-22(17-25(27)34)36-30(38)19-41-28-14-12-21(16-29(28)40-2)32-33-31(23-10-6-7-11-26(23)37-33)24(18-35-32)20-8-4-3-5-9-20/h3-17,24,32,35,37H,18-19H2,1-2H3,(H,36,38)/t24-,32+/m1/s1. The number of carbonyl (C=O) groups excluding carboxylic acids is 1. The van der Waals surface area contributed by atoms with Gasteiger partial charge < -0.3 is 29.8 Å². The highest BCUT2D eigenvalue weighted by Gasteiger charge is 2.32. The van der Waals surface area contributed by atoms with Crippen molar-refractivity contribution in [2.45, 2.75) is 12.0 Å². The SMILES string of the molecule is COc1ccc(NC(=O)COc2ccc([C@@H]3NC[C@H](c4ccccc4)c4c3[nH]c3ccccc43)cc2OC)cc1Cl. The maximum atomic E-state index is 12.6. The third kappa shape index (κ3) is 5.34. The number of rotatable bonds is 8. The van der Waals surface area contributed by atoms with E-state index in [1.807, 2.05) is 24.3 Å². The van der Waals surface area contributed by atoms with Gasteiger partial charge in [0.15, 0.2) is 18.1 Å². The highest BCUT2D eigenvalue weighted by Crippen LogP contribution is 2.42. The molecule has 6 rings (SSSR count). The van der Waals surface area contributed by atoms with E-state index in [4.69, 9.17) is 25.8 Å². The molecule has 1 amide bonds. The van der Waals surface area contributed by atoms with Gasteiger partial charge in [-0.25, -0.2) is 0 Å². The fourth-order valence-corrected chi connectivity index (χ4v) is 5.81. The topological polar surface area (TPSA) is 84.6 Å². The number of methoxy groups -OCH3 is 2. The molecule has 1 aliphatic heterocycles. The van der Waals surface area contributed by atoms with Gasteiger partial charge in [0.05, 0.1) is 25.3 Å². The molecule has 0 radical (unpaired) electrons. The highest BCUT2D eigenvalue weighted by molar-refractivity contribution is 6.32. The van der Waals surface area contributed by atoms with E-state index >= 15 is 0 Å². The van der Waals surface area contributed by atoms with Crippen LogP contribution in [0.4, 0.5) is 5.69 Å². The maximum Gasteiger partial charge on any atom is 0.262 e. The van der Waals surface area contributed by atoms with Crippen LogP contribution in [-0.4, -0.2) is 38.3 Å². The second kappa shape index (κ2) is 11.6. The Balaban J connectivity index is 1.23. The number of anilines is 1. The Morgan fingerprint density at radius 2 is 1.63 bits per heavy atom. The van der Waals surface area contributed by atoms with Crippen LogP contribution in [0.1, 0.15) is 34.3 Å². The molecule has 4 aromatic carbocycles. The van der Waals surface area contributed by atoms with Crippen LogP contribution in [0, 0.1) is 0 Å². The minimum atomic E-state index is -0.319. The molecule has 0 fully saturated rings. The second-order valence-electron chi connectivity index (χ2n) is 9.90. The van der Waals surface area contributed by atoms with Gasteiger partial charge in [0, 0.05) is 34.7 Å². The zero-order valence-electron chi connectivity index (χ0n) is 22.7. The van der Waals surface area contributed by atoms with Crippen LogP contribution in [-0.2, 0) is 4.79 Å². The van der Waals surface area contributed by atoms with Crippen molar-refractivity contribution < 1.29 is 19.0 Å². The summed E-state index contributed by atoms with van der Waals surface area (Å²) in [5.41, 5.74) is 6.43. The first-order valence-electron chi connectivity index (χ1n) is 13.4. The van der Waals surface area contributed by atoms with Gasteiger partial charge >= 0.3 is 0 Å². The third-order valence-electron chi connectivity index (χ3n) is 7.46. The van der Waals surface area contributed by atoms with Crippen molar-refractivity contribution in [2.75, 3.05) is 32.7 Å². The highest BCUT2D eigenvalue weighted by atomic mass is 35.5. The molecule has 1 aromatic heterocycles. The predicted molar refractivity (Wildman–Crippen MR) is 162 cm³/mol. The molecule has 3 N–H and O–H groups in total. The van der Waals surface area contributed by atoms with Crippen LogP contribution in [0.3, 0.4) is 0 Å². The van der Waals surface area contributed by atoms with E-state index in [9.17, 15) is 4.79 Å². The number of para-hydroxylation sites is 1. The summed E-state index contributed by atoms with van der Waals surface area (Å²) in [5.74, 6) is 1.47. The summed E-state index contributed by atoms with van der Waals surface area (Å²) in [6, 6.07) is 29.8. The number of carbonyl (C=O) groups is 1. The lowest BCUT2D eigenvalue weighted by atomic mass is 9.83. The number of amides is 1. The Morgan fingerprint density at radius 1 is 0.878 bits per heavy atom. The maximum absolute atomic E-state index is 12.6. The third-order valence-corrected chi connectivity index (χ3v) is 7.75. The summed E-state index contributed by atoms with van der Waals surface area (Å²) < 4.78 is 16.7. The Kier molecular flexibility index (Phi) is 7.55. The molecule has 1 aliphatic rings. The number of aromatic amines is 1. The minimum Gasteiger partial charge on any atom is -0.495 e. The van der Waals surface area contributed by atoms with E-state index in [1.54, 1.807) is 25.3 Å². The van der Waals surface area contributed by atoms with Gasteiger partial charge in [-0.15, -0.1) is 0 Å². The molecule has 2 atom stereocenters. The summed E-state index contributed by atoms with van der Waals surface area (Å²) in [4.78, 5) is 16.3. The smallest absolute Gasteiger partial charge is 0.262 e. The number of hydrogen-bond acceptors (Lipinski definition) is 5. The van der Waals surface area contributed by atoms with Crippen molar-refractivity contribution in [1.29, 1.82) is 0 Å². The average molecular weight is 568 g/mol. The van der Waals surface area contributed by atoms with Crippen LogP contribution in [0.15, 0.2) is 91.0 Å². The van der Waals surface area contributed by atoms with E-state index in [1.165, 1.54) is 23.6 Å². The van der Waals surface area contributed by atoms with Gasteiger partial charge in [-0.1, -0.05) is 66.2 Å². The molecule has 0 bridgehead atoms. The molecule has 0 unspecified atom stereocenters. The van der Waals surface area contributed by atoms with Gasteiger partial charge in [0.2, 0.25) is 0 Å². The molecule has 208 valence electrons. The zero-order valence-corrected chi connectivity index (χ0v) is 23.5. The van der Waals surface area contributed by atoms with Crippen molar-refractivity contribution in [1.82, 2.24) is 10.3 Å². The Hall–Kier alpha value is -4.46. The lowest BCUT2D eigenvalue weighted by Gasteiger charge is -2.31. The molecular weight excluding hydrogens is 538 g/mol. The van der Waals surface area contributed by atoms with Gasteiger partial charge in [0.1, 0.15) is 5.75 Å². The summed E-state index contributed by atoms with van der Waals surface area (Å²) in [7, 11) is 3.14. The van der Waals surface area contributed by atoms with Crippen LogP contribution in [0.5, 0.6) is 17.2 Å². The molecule has 5 aromatic rings. The molecule has 8 heteroatoms. The number of H-pyrrole nitrogens is 1. The van der Waals surface area contributed by atoms with E-state index < -0.39 is 0 Å². The van der Waals surface area contributed by atoms with Crippen molar-refractivity contribution in [3.05, 3.63) is 118 Å². The summed E-state index contributed by atoms with van der Waals surface area (Å²) in [6.07, 6.45) is 0. The molecular formula is C33H30ClN3O4. The Morgan fingerprint density at radius 3 is 2.41 bits per heavy atom. The lowest BCUT2D eigenvalue weighted by Crippen LogP contribution is -2.34. The van der Waals surface area contributed by atoms with Crippen molar-refractivity contribution in [2.24, 2.45) is 0 Å². The van der Waals surface area contributed by atoms with E-state index in [-0.39, 0.29) is 24.5 Å². The fraction of sp³-hybridized carbons (Fsp3) is 0.182. The minimum absolute atomic E-state index is 0.0663. The average Bonchev–Trinajstić information content (AvgIpc) is 3.40. The molecule has 0 spiro atoms. The van der Waals surface area contributed by atoms with Crippen LogP contribution in [0.2, 0.25) is 5.02 Å². The number of benzene rings is 4. The number of halogens is 1. The van der Waals surface area contributed by atoms with Gasteiger partial charge in [-0.05, 0) is 53.1 Å². The first-order valence-corrected chi connectivity index (χ1v) is 13.8. The molecule has 7 nitrogen and oxygen atoms in total. The molecule has 0 aliphatic carbocycles. The lowest BCUT2D eigenvalue weighted by molar-refractivity contribution is -0.118. The Bertz CT molecular complexity index is 1700. The van der Waals surface area contributed by atoms with Crippen molar-refractivity contribution in [3.63, 3.8) is 0 Å². The van der Waals surface area contributed by atoms with Crippen molar-refractivity contribution >= 4 is 34.1 Å². The number of fused-ring (bicyclic) bond motifs is 3. The van der Waals surface area contributed by atoms with Crippen LogP contribution < -0.4 is 24.8 Å². The van der Waals surface area contributed by atoms with E-state index in [2.05, 4.69) is 64.1 Å². The van der Waals surface area contributed by atoms with Gasteiger partial charge in [0.25, 0.3) is 5.91 Å². The van der Waals surface area contributed by atoms with E-state index in [0.29, 0.717) is 28.0 Å². The first kappa shape index (κ1) is 26.7. The predicted octanol–water partition coefficient (Wildman–Crippen LogP) is 6.68. The number of nitrogens with one attached hydrogen (secondary N) is 3. The molecule has 41 heavy (non-hydrogen) atoms. The summed E-state index contributed by atoms with van der Waals surface area (Å²) >= 11 is 6.17.